The average molecular weight is 116 g/mol. The molecule has 0 aliphatic carbocycles. The van der Waals surface area contributed by atoms with Crippen LogP contribution in [0.2, 0.25) is 0 Å². The molecular weight excluding hydrogens is 108 g/mol. The lowest BCUT2D eigenvalue weighted by Gasteiger charge is -2.11. The summed E-state index contributed by atoms with van der Waals surface area (Å²) in [6.45, 7) is 1.82. The molecule has 0 bridgehead atoms. The molecule has 1 unspecified atom stereocenters. The van der Waals surface area contributed by atoms with Crippen molar-refractivity contribution < 1.29 is 5.11 Å². The van der Waals surface area contributed by atoms with Gasteiger partial charge < -0.3 is 5.11 Å². The predicted molar refractivity (Wildman–Crippen MR) is 32.0 cm³/mol. The minimum Gasteiger partial charge on any atom is -0.379 e. The summed E-state index contributed by atoms with van der Waals surface area (Å²) in [6.07, 6.45) is 2.77. The standard InChI is InChI=1S/C5H8OS/c1-5(6)3-2-4-7-5/h2,4,6H,3H2,1H3. The lowest BCUT2D eigenvalue weighted by atomic mass is 10.3. The molecule has 0 saturated carbocycles. The highest BCUT2D eigenvalue weighted by Crippen LogP contribution is 2.32. The van der Waals surface area contributed by atoms with E-state index in [1.54, 1.807) is 0 Å². The van der Waals surface area contributed by atoms with Crippen LogP contribution in [0.25, 0.3) is 0 Å². The summed E-state index contributed by atoms with van der Waals surface area (Å²) in [4.78, 5) is -0.500. The van der Waals surface area contributed by atoms with Crippen LogP contribution in [-0.2, 0) is 0 Å². The average Bonchev–Trinajstić information content (AvgIpc) is 1.84. The van der Waals surface area contributed by atoms with Crippen molar-refractivity contribution in [3.05, 3.63) is 11.5 Å². The highest BCUT2D eigenvalue weighted by molar-refractivity contribution is 8.03. The van der Waals surface area contributed by atoms with Gasteiger partial charge in [-0.1, -0.05) is 17.8 Å². The van der Waals surface area contributed by atoms with Crippen molar-refractivity contribution in [3.8, 4) is 0 Å². The van der Waals surface area contributed by atoms with Crippen LogP contribution in [0.4, 0.5) is 0 Å². The first-order valence-corrected chi connectivity index (χ1v) is 3.14. The summed E-state index contributed by atoms with van der Waals surface area (Å²) < 4.78 is 0. The molecule has 0 aromatic carbocycles. The largest absolute Gasteiger partial charge is 0.379 e. The second kappa shape index (κ2) is 1.53. The van der Waals surface area contributed by atoms with Gasteiger partial charge in [0.2, 0.25) is 0 Å². The third-order valence-corrected chi connectivity index (χ3v) is 1.92. The van der Waals surface area contributed by atoms with E-state index in [9.17, 15) is 0 Å². The summed E-state index contributed by atoms with van der Waals surface area (Å²) in [5.74, 6) is 0. The van der Waals surface area contributed by atoms with Crippen molar-refractivity contribution in [2.24, 2.45) is 0 Å². The maximum Gasteiger partial charge on any atom is 0.115 e. The number of aliphatic hydroxyl groups is 1. The van der Waals surface area contributed by atoms with Crippen LogP contribution in [0.3, 0.4) is 0 Å². The van der Waals surface area contributed by atoms with Crippen molar-refractivity contribution >= 4 is 11.8 Å². The zero-order chi connectivity index (χ0) is 5.33. The molecule has 0 aromatic rings. The first kappa shape index (κ1) is 5.19. The van der Waals surface area contributed by atoms with Crippen molar-refractivity contribution in [3.63, 3.8) is 0 Å². The van der Waals surface area contributed by atoms with Gasteiger partial charge in [0.15, 0.2) is 0 Å². The molecule has 1 rings (SSSR count). The van der Waals surface area contributed by atoms with Gasteiger partial charge in [-0.15, -0.1) is 0 Å². The second-order valence-corrected chi connectivity index (χ2v) is 3.26. The Morgan fingerprint density at radius 3 is 2.71 bits per heavy atom. The number of rotatable bonds is 0. The van der Waals surface area contributed by atoms with Crippen molar-refractivity contribution in [1.82, 2.24) is 0 Å². The minimum absolute atomic E-state index is 0.500. The molecule has 7 heavy (non-hydrogen) atoms. The first-order chi connectivity index (χ1) is 3.21. The topological polar surface area (TPSA) is 20.2 Å². The van der Waals surface area contributed by atoms with E-state index in [1.165, 1.54) is 11.8 Å². The summed E-state index contributed by atoms with van der Waals surface area (Å²) >= 11 is 1.47. The Kier molecular flexibility index (Phi) is 1.13. The van der Waals surface area contributed by atoms with Crippen molar-refractivity contribution in [2.45, 2.75) is 18.3 Å². The Bertz CT molecular complexity index is 86.3. The highest BCUT2D eigenvalue weighted by Gasteiger charge is 2.20. The van der Waals surface area contributed by atoms with Gasteiger partial charge >= 0.3 is 0 Å². The molecule has 40 valence electrons. The van der Waals surface area contributed by atoms with Crippen LogP contribution in [0.15, 0.2) is 11.5 Å². The predicted octanol–water partition coefficient (Wildman–Crippen LogP) is 1.35. The summed E-state index contributed by atoms with van der Waals surface area (Å²) in [5.41, 5.74) is 0. The Balaban J connectivity index is 2.49. The maximum absolute atomic E-state index is 9.09. The Labute approximate surface area is 47.4 Å². The lowest BCUT2D eigenvalue weighted by Crippen LogP contribution is -2.12. The Hall–Kier alpha value is 0.0500. The fourth-order valence-electron chi connectivity index (χ4n) is 0.510. The molecule has 0 fully saturated rings. The van der Waals surface area contributed by atoms with Gasteiger partial charge in [-0.2, -0.15) is 0 Å². The van der Waals surface area contributed by atoms with E-state index in [1.807, 2.05) is 18.4 Å². The smallest absolute Gasteiger partial charge is 0.115 e. The highest BCUT2D eigenvalue weighted by atomic mass is 32.2. The molecule has 1 N–H and O–H groups in total. The van der Waals surface area contributed by atoms with Gasteiger partial charge in [0.05, 0.1) is 0 Å². The van der Waals surface area contributed by atoms with Crippen LogP contribution in [-0.4, -0.2) is 10.0 Å². The third-order valence-electron chi connectivity index (χ3n) is 0.915. The quantitative estimate of drug-likeness (QED) is 0.515. The monoisotopic (exact) mass is 116 g/mol. The summed E-state index contributed by atoms with van der Waals surface area (Å²) in [7, 11) is 0. The molecule has 1 atom stereocenters. The Morgan fingerprint density at radius 1 is 1.86 bits per heavy atom. The summed E-state index contributed by atoms with van der Waals surface area (Å²) in [5, 5.41) is 11.0. The lowest BCUT2D eigenvalue weighted by molar-refractivity contribution is 0.165. The van der Waals surface area contributed by atoms with Crippen molar-refractivity contribution in [1.29, 1.82) is 0 Å². The van der Waals surface area contributed by atoms with Gasteiger partial charge in [0, 0.05) is 6.42 Å². The van der Waals surface area contributed by atoms with Gasteiger partial charge in [-0.3, -0.25) is 0 Å². The second-order valence-electron chi connectivity index (χ2n) is 1.87. The van der Waals surface area contributed by atoms with E-state index < -0.39 is 4.93 Å². The molecule has 1 aliphatic heterocycles. The Morgan fingerprint density at radius 2 is 2.57 bits per heavy atom. The zero-order valence-corrected chi connectivity index (χ0v) is 5.03. The third kappa shape index (κ3) is 1.21. The molecule has 2 heteroatoms. The molecule has 1 aliphatic rings. The van der Waals surface area contributed by atoms with Crippen LogP contribution >= 0.6 is 11.8 Å². The maximum atomic E-state index is 9.09. The fraction of sp³-hybridized carbons (Fsp3) is 0.600. The SMILES string of the molecule is CC1(O)CC=CS1. The molecule has 0 radical (unpaired) electrons. The zero-order valence-electron chi connectivity index (χ0n) is 4.22. The van der Waals surface area contributed by atoms with Crippen molar-refractivity contribution in [2.75, 3.05) is 0 Å². The molecule has 1 nitrogen and oxygen atoms in total. The fourth-order valence-corrected chi connectivity index (χ4v) is 1.19. The van der Waals surface area contributed by atoms with Gasteiger partial charge in [0.25, 0.3) is 0 Å². The number of hydrogen-bond donors (Lipinski definition) is 1. The molecule has 0 amide bonds. The van der Waals surface area contributed by atoms with Gasteiger partial charge in [-0.05, 0) is 12.3 Å². The number of thioether (sulfide) groups is 1. The van der Waals surface area contributed by atoms with E-state index >= 15 is 0 Å². The van der Waals surface area contributed by atoms with E-state index in [4.69, 9.17) is 5.11 Å². The minimum atomic E-state index is -0.500. The van der Waals surface area contributed by atoms with E-state index in [0.29, 0.717) is 0 Å². The van der Waals surface area contributed by atoms with Crippen LogP contribution in [0.1, 0.15) is 13.3 Å². The van der Waals surface area contributed by atoms with E-state index in [-0.39, 0.29) is 0 Å². The molecule has 1 heterocycles. The van der Waals surface area contributed by atoms with Gasteiger partial charge in [-0.25, -0.2) is 0 Å². The molecule has 0 saturated heterocycles. The van der Waals surface area contributed by atoms with Crippen LogP contribution in [0, 0.1) is 0 Å². The number of hydrogen-bond acceptors (Lipinski definition) is 2. The van der Waals surface area contributed by atoms with Crippen LogP contribution < -0.4 is 0 Å². The van der Waals surface area contributed by atoms with Crippen LogP contribution in [0.5, 0.6) is 0 Å². The summed E-state index contributed by atoms with van der Waals surface area (Å²) in [6, 6.07) is 0. The molecule has 0 aromatic heterocycles. The van der Waals surface area contributed by atoms with Gasteiger partial charge in [0.1, 0.15) is 4.93 Å². The van der Waals surface area contributed by atoms with E-state index in [0.717, 1.165) is 6.42 Å². The normalized spacial score (nSPS) is 39.7. The van der Waals surface area contributed by atoms with E-state index in [2.05, 4.69) is 0 Å². The first-order valence-electron chi connectivity index (χ1n) is 2.26. The molecular formula is C5H8OS. The molecule has 0 spiro atoms.